The molecule has 1 aliphatic carbocycles. The summed E-state index contributed by atoms with van der Waals surface area (Å²) < 4.78 is 33.2. The number of fused-ring (bicyclic) bond motifs is 4. The Balaban J connectivity index is 0.000000573. The summed E-state index contributed by atoms with van der Waals surface area (Å²) in [6, 6.07) is 1.34. The third kappa shape index (κ3) is 21.9. The normalized spacial score (nSPS) is 30.2. The van der Waals surface area contributed by atoms with E-state index in [1.807, 2.05) is 27.7 Å². The first-order valence-corrected chi connectivity index (χ1v) is 28.1. The molecule has 0 fully saturated rings. The number of aromatic hydroxyl groups is 2. The van der Waals surface area contributed by atoms with Gasteiger partial charge in [-0.15, -0.1) is 30.1 Å². The average molecular weight is 1250 g/mol. The van der Waals surface area contributed by atoms with Crippen molar-refractivity contribution in [3.8, 4) is 11.5 Å². The van der Waals surface area contributed by atoms with Gasteiger partial charge in [0, 0.05) is 85.8 Å². The molecule has 4 rings (SSSR count). The predicted octanol–water partition coefficient (Wildman–Crippen LogP) is 9.03. The van der Waals surface area contributed by atoms with E-state index in [1.165, 1.54) is 46.7 Å². The number of aliphatic hydroxyl groups is 2. The number of carbonyl (C=O) groups excluding carboxylic acids is 6. The number of aliphatic hydroxyl groups excluding tert-OH is 2. The Labute approximate surface area is 511 Å². The maximum absolute atomic E-state index is 13.6. The Hall–Kier alpha value is -6.72. The van der Waals surface area contributed by atoms with Crippen LogP contribution in [0.15, 0.2) is 125 Å². The molecule has 0 saturated carbocycles. The summed E-state index contributed by atoms with van der Waals surface area (Å²) >= 11 is 0. The van der Waals surface area contributed by atoms with E-state index in [9.17, 15) is 49.2 Å². The summed E-state index contributed by atoms with van der Waals surface area (Å²) in [5.74, 6) is -3.06. The van der Waals surface area contributed by atoms with E-state index in [0.717, 1.165) is 0 Å². The second kappa shape index (κ2) is 36.3. The van der Waals surface area contributed by atoms with Crippen molar-refractivity contribution in [1.82, 2.24) is 5.32 Å². The highest BCUT2D eigenvalue weighted by atomic mass is 79.9. The van der Waals surface area contributed by atoms with Gasteiger partial charge in [0.25, 0.3) is 11.8 Å². The van der Waals surface area contributed by atoms with Gasteiger partial charge in [0.15, 0.2) is 18.0 Å². The van der Waals surface area contributed by atoms with E-state index in [1.54, 1.807) is 82.4 Å². The Kier molecular flexibility index (Phi) is 31.8. The molecule has 3 aliphatic rings. The van der Waals surface area contributed by atoms with Crippen LogP contribution in [0, 0.1) is 23.7 Å². The second-order valence-corrected chi connectivity index (χ2v) is 21.8. The van der Waals surface area contributed by atoms with Gasteiger partial charge in [-0.25, -0.2) is 9.59 Å². The highest BCUT2D eigenvalue weighted by Gasteiger charge is 2.35. The number of nitrogens with one attached hydrogen (secondary N) is 2. The Morgan fingerprint density at radius 2 is 1.13 bits per heavy atom. The lowest BCUT2D eigenvalue weighted by molar-refractivity contribution is -0.120. The number of phenolic OH excluding ortho intramolecular Hbond substituents is 2. The fraction of sp³-hybridized carbons (Fsp3) is 0.500. The summed E-state index contributed by atoms with van der Waals surface area (Å²) in [5, 5.41) is 50.0. The van der Waals surface area contributed by atoms with Gasteiger partial charge >= 0.3 is 12.2 Å². The number of rotatable bonds is 12. The number of benzene rings is 1. The van der Waals surface area contributed by atoms with E-state index in [0.29, 0.717) is 83.9 Å². The van der Waals surface area contributed by atoms with Crippen molar-refractivity contribution < 1.29 is 77.6 Å². The summed E-state index contributed by atoms with van der Waals surface area (Å²) in [6.45, 7) is 21.7. The number of hydrogen-bond donors (Lipinski definition) is 8. The lowest BCUT2D eigenvalue weighted by Crippen LogP contribution is -2.37. The number of Topliss-reactive ketones (excluding diaryl/α,β-unsaturated/α-hetero) is 1. The topological polar surface area (TPSA) is 315 Å². The molecule has 0 saturated heterocycles. The molecule has 0 aromatic heterocycles. The van der Waals surface area contributed by atoms with Crippen molar-refractivity contribution in [3.05, 3.63) is 136 Å². The summed E-state index contributed by atoms with van der Waals surface area (Å²) in [4.78, 5) is 76.2. The molecule has 21 heteroatoms. The van der Waals surface area contributed by atoms with Gasteiger partial charge in [-0.05, 0) is 102 Å². The number of nitrogens with two attached hydrogens (primary N) is 2. The summed E-state index contributed by atoms with van der Waals surface area (Å²) in [5.41, 5.74) is 14.3. The molecule has 12 atom stereocenters. The average Bonchev–Trinajstić information content (AvgIpc) is 3.63. The molecule has 1 aromatic carbocycles. The van der Waals surface area contributed by atoms with Gasteiger partial charge in [0.1, 0.15) is 23.7 Å². The van der Waals surface area contributed by atoms with Gasteiger partial charge < -0.3 is 70.9 Å². The molecule has 2 heterocycles. The molecule has 85 heavy (non-hydrogen) atoms. The van der Waals surface area contributed by atoms with Crippen LogP contribution in [0.3, 0.4) is 0 Å². The van der Waals surface area contributed by atoms with Crippen LogP contribution in [-0.2, 0) is 60.4 Å². The lowest BCUT2D eigenvalue weighted by atomic mass is 9.82. The standard InChI is InChI=1S/C32H46N2O8.C32H44N2O8.BrH/c2*1-8-9-12-22-23-14-18(2)15-27(41-7)28(36)20(4)16-21(5)30(42-32(33)39)26(40-6)13-10-11-19(3)31(38)34-24(29(23)37)17-25(22)35;/h8,10-11,13,16-18,20,26-28,30,35-37H,1,9,12,14-15H2,2-7H3,(H2,33,39)(H,34,38);8,10-11,13,16-18,20,26-28,30,36H,1,9,12,14-15H2,2-7H3,(H2,33,39)(H,34,38);1H/b2*13-10-,19-11+,21-16+;/t2*18-,20+,26+,27+,28-,30+;/m11./s1. The van der Waals surface area contributed by atoms with Gasteiger partial charge in [0.2, 0.25) is 5.78 Å². The minimum atomic E-state index is -0.996. The number of hydrogen-bond acceptors (Lipinski definition) is 16. The molecule has 10 N–H and O–H groups in total. The largest absolute Gasteiger partial charge is 0.508 e. The number of methoxy groups -OCH3 is 4. The van der Waals surface area contributed by atoms with Crippen LogP contribution in [0.25, 0.3) is 0 Å². The van der Waals surface area contributed by atoms with E-state index in [-0.39, 0.29) is 69.5 Å². The zero-order valence-electron chi connectivity index (χ0n) is 51.2. The summed E-state index contributed by atoms with van der Waals surface area (Å²) in [7, 11) is 5.91. The Morgan fingerprint density at radius 3 is 1.56 bits per heavy atom. The van der Waals surface area contributed by atoms with Crippen molar-refractivity contribution in [3.63, 3.8) is 0 Å². The molecule has 0 radical (unpaired) electrons. The highest BCUT2D eigenvalue weighted by Crippen LogP contribution is 2.40. The number of ketones is 2. The highest BCUT2D eigenvalue weighted by molar-refractivity contribution is 8.93. The molecule has 1 aromatic rings. The zero-order valence-corrected chi connectivity index (χ0v) is 52.9. The van der Waals surface area contributed by atoms with Crippen LogP contribution in [0.4, 0.5) is 15.3 Å². The molecular weight excluding hydrogens is 1160 g/mol. The van der Waals surface area contributed by atoms with Crippen LogP contribution in [0.2, 0.25) is 0 Å². The quantitative estimate of drug-likeness (QED) is 0.0419. The molecule has 0 unspecified atom stereocenters. The zero-order chi connectivity index (χ0) is 63.1. The fourth-order valence-electron chi connectivity index (χ4n) is 10.4. The molecule has 4 amide bonds. The number of allylic oxidation sites excluding steroid dienone is 9. The first-order valence-electron chi connectivity index (χ1n) is 28.1. The van der Waals surface area contributed by atoms with Crippen LogP contribution in [0.5, 0.6) is 11.5 Å². The molecular formula is C64H91BrN4O16. The number of halogens is 1. The number of amides is 4. The number of ether oxygens (including phenoxy) is 6. The van der Waals surface area contributed by atoms with Gasteiger partial charge in [0.05, 0.1) is 35.8 Å². The van der Waals surface area contributed by atoms with Crippen LogP contribution in [-0.4, -0.2) is 133 Å². The molecule has 20 nitrogen and oxygen atoms in total. The second-order valence-electron chi connectivity index (χ2n) is 21.8. The maximum atomic E-state index is 13.6. The first-order chi connectivity index (χ1) is 39.7. The van der Waals surface area contributed by atoms with Gasteiger partial charge in [-0.3, -0.25) is 19.2 Å². The smallest absolute Gasteiger partial charge is 0.405 e. The van der Waals surface area contributed by atoms with Gasteiger partial charge in [-0.1, -0.05) is 88.5 Å². The van der Waals surface area contributed by atoms with Crippen molar-refractivity contribution >= 4 is 58.2 Å². The first kappa shape index (κ1) is 74.4. The minimum Gasteiger partial charge on any atom is -0.508 e. The minimum absolute atomic E-state index is 0. The predicted molar refractivity (Wildman–Crippen MR) is 332 cm³/mol. The number of anilines is 1. The number of carbonyl (C=O) groups is 6. The monoisotopic (exact) mass is 1250 g/mol. The third-order valence-corrected chi connectivity index (χ3v) is 15.1. The summed E-state index contributed by atoms with van der Waals surface area (Å²) in [6.07, 6.45) is 12.5. The molecule has 0 spiro atoms. The van der Waals surface area contributed by atoms with Crippen molar-refractivity contribution in [2.24, 2.45) is 35.1 Å². The van der Waals surface area contributed by atoms with Crippen LogP contribution < -0.4 is 22.1 Å². The molecule has 470 valence electrons. The number of primary amides is 2. The Bertz CT molecular complexity index is 2790. The van der Waals surface area contributed by atoms with E-state index < -0.39 is 90.5 Å². The Morgan fingerprint density at radius 1 is 0.682 bits per heavy atom. The number of phenols is 2. The molecule has 4 bridgehead atoms. The SMILES string of the molecule is Br.C=CCCC1=C2C[C@@H](C)C[C@H](OC)[C@H](O)[C@@H](C)/C=C(\C)[C@H](OC(N)=O)[C@@H](OC)/C=C\C=C(/C)C(=O)NC(=CC1=O)C2=O.C=CCCc1c(O)cc2c(O)c1C[C@@H](C)C[C@H](OC)[C@H](O)[C@@H](C)/C=C(\C)[C@H](OC(N)=O)[C@@H](OC)/C=C\C=C(/C)C(=O)N2. The van der Waals surface area contributed by atoms with Crippen molar-refractivity contribution in [2.45, 2.75) is 156 Å². The van der Waals surface area contributed by atoms with E-state index in [2.05, 4.69) is 23.8 Å². The maximum Gasteiger partial charge on any atom is 0.405 e. The van der Waals surface area contributed by atoms with Crippen LogP contribution >= 0.6 is 17.0 Å². The lowest BCUT2D eigenvalue weighted by Gasteiger charge is -2.30. The van der Waals surface area contributed by atoms with Crippen molar-refractivity contribution in [2.75, 3.05) is 33.8 Å². The molecule has 2 aliphatic heterocycles. The van der Waals surface area contributed by atoms with Crippen molar-refractivity contribution in [1.29, 1.82) is 0 Å². The van der Waals surface area contributed by atoms with E-state index >= 15 is 0 Å². The van der Waals surface area contributed by atoms with Crippen LogP contribution in [0.1, 0.15) is 105 Å². The third-order valence-electron chi connectivity index (χ3n) is 15.1. The van der Waals surface area contributed by atoms with E-state index in [4.69, 9.17) is 39.9 Å². The van der Waals surface area contributed by atoms with Gasteiger partial charge in [-0.2, -0.15) is 0 Å². The fourth-order valence-corrected chi connectivity index (χ4v) is 10.4.